The second kappa shape index (κ2) is 8.57. The van der Waals surface area contributed by atoms with E-state index in [1.165, 1.54) is 12.5 Å². The Morgan fingerprint density at radius 2 is 1.96 bits per heavy atom. The molecule has 1 aliphatic carbocycles. The SMILES string of the molecule is COc1ccccc1C(=O)NC[C@]1(c2ccsc2)CC[C@H](OC(C)=O)CC1. The highest BCUT2D eigenvalue weighted by Gasteiger charge is 2.38. The van der Waals surface area contributed by atoms with Gasteiger partial charge in [-0.2, -0.15) is 11.3 Å². The van der Waals surface area contributed by atoms with Crippen LogP contribution in [-0.4, -0.2) is 31.6 Å². The normalized spacial score (nSPS) is 22.1. The summed E-state index contributed by atoms with van der Waals surface area (Å²) in [5.74, 6) is 0.204. The number of carbonyl (C=O) groups excluding carboxylic acids is 2. The van der Waals surface area contributed by atoms with Gasteiger partial charge in [-0.15, -0.1) is 0 Å². The van der Waals surface area contributed by atoms with Crippen LogP contribution in [0.5, 0.6) is 5.75 Å². The smallest absolute Gasteiger partial charge is 0.302 e. The van der Waals surface area contributed by atoms with Crippen molar-refractivity contribution in [3.63, 3.8) is 0 Å². The molecule has 2 aromatic rings. The first kappa shape index (κ1) is 19.4. The van der Waals surface area contributed by atoms with E-state index in [1.54, 1.807) is 30.6 Å². The molecule has 1 aromatic heterocycles. The third kappa shape index (κ3) is 4.50. The third-order valence-corrected chi connectivity index (χ3v) is 5.98. The quantitative estimate of drug-likeness (QED) is 0.763. The molecule has 27 heavy (non-hydrogen) atoms. The molecule has 0 atom stereocenters. The van der Waals surface area contributed by atoms with Crippen molar-refractivity contribution >= 4 is 23.2 Å². The zero-order chi connectivity index (χ0) is 19.3. The molecule has 0 saturated heterocycles. The fourth-order valence-electron chi connectivity index (χ4n) is 3.81. The Kier molecular flexibility index (Phi) is 6.16. The van der Waals surface area contributed by atoms with Crippen molar-refractivity contribution in [3.05, 3.63) is 52.2 Å². The molecular formula is C21H25NO4S. The fourth-order valence-corrected chi connectivity index (χ4v) is 4.59. The summed E-state index contributed by atoms with van der Waals surface area (Å²) in [7, 11) is 1.56. The first-order chi connectivity index (χ1) is 13.0. The number of benzene rings is 1. The summed E-state index contributed by atoms with van der Waals surface area (Å²) in [6.45, 7) is 2.00. The molecule has 1 N–H and O–H groups in total. The van der Waals surface area contributed by atoms with E-state index in [2.05, 4.69) is 22.1 Å². The largest absolute Gasteiger partial charge is 0.496 e. The first-order valence-corrected chi connectivity index (χ1v) is 10.1. The van der Waals surface area contributed by atoms with E-state index in [0.717, 1.165) is 25.7 Å². The number of thiophene rings is 1. The summed E-state index contributed by atoms with van der Waals surface area (Å²) < 4.78 is 10.7. The van der Waals surface area contributed by atoms with Gasteiger partial charge >= 0.3 is 5.97 Å². The number of ether oxygens (including phenoxy) is 2. The molecule has 0 aliphatic heterocycles. The summed E-state index contributed by atoms with van der Waals surface area (Å²) in [5.41, 5.74) is 1.65. The van der Waals surface area contributed by atoms with Crippen LogP contribution < -0.4 is 10.1 Å². The summed E-state index contributed by atoms with van der Waals surface area (Å²) in [5, 5.41) is 7.33. The molecule has 1 heterocycles. The molecule has 0 radical (unpaired) electrons. The highest BCUT2D eigenvalue weighted by Crippen LogP contribution is 2.41. The molecule has 0 bridgehead atoms. The molecule has 0 spiro atoms. The fraction of sp³-hybridized carbons (Fsp3) is 0.429. The van der Waals surface area contributed by atoms with E-state index >= 15 is 0 Å². The Labute approximate surface area is 163 Å². The van der Waals surface area contributed by atoms with Crippen molar-refractivity contribution in [2.24, 2.45) is 0 Å². The van der Waals surface area contributed by atoms with Gasteiger partial charge < -0.3 is 14.8 Å². The third-order valence-electron chi connectivity index (χ3n) is 5.29. The molecule has 1 amide bonds. The number of para-hydroxylation sites is 1. The molecule has 3 rings (SSSR count). The van der Waals surface area contributed by atoms with Crippen LogP contribution in [0, 0.1) is 0 Å². The van der Waals surface area contributed by atoms with Gasteiger partial charge in [0.2, 0.25) is 0 Å². The highest BCUT2D eigenvalue weighted by atomic mass is 32.1. The van der Waals surface area contributed by atoms with Gasteiger partial charge in [-0.05, 0) is 60.2 Å². The van der Waals surface area contributed by atoms with Crippen LogP contribution >= 0.6 is 11.3 Å². The Balaban J connectivity index is 1.72. The van der Waals surface area contributed by atoms with Gasteiger partial charge in [0.15, 0.2) is 0 Å². The Hall–Kier alpha value is -2.34. The Morgan fingerprint density at radius 1 is 1.22 bits per heavy atom. The zero-order valence-corrected chi connectivity index (χ0v) is 16.5. The summed E-state index contributed by atoms with van der Waals surface area (Å²) in [6.07, 6.45) is 3.32. The molecule has 144 valence electrons. The molecule has 0 unspecified atom stereocenters. The predicted octanol–water partition coefficient (Wildman–Crippen LogP) is 3.93. The number of nitrogens with one attached hydrogen (secondary N) is 1. The van der Waals surface area contributed by atoms with E-state index in [0.29, 0.717) is 17.9 Å². The van der Waals surface area contributed by atoms with Crippen molar-refractivity contribution in [3.8, 4) is 5.75 Å². The highest BCUT2D eigenvalue weighted by molar-refractivity contribution is 7.08. The van der Waals surface area contributed by atoms with Crippen LogP contribution in [0.4, 0.5) is 0 Å². The van der Waals surface area contributed by atoms with Gasteiger partial charge in [0, 0.05) is 18.9 Å². The van der Waals surface area contributed by atoms with E-state index in [1.807, 2.05) is 12.1 Å². The van der Waals surface area contributed by atoms with Crippen LogP contribution in [0.3, 0.4) is 0 Å². The van der Waals surface area contributed by atoms with Gasteiger partial charge in [-0.3, -0.25) is 9.59 Å². The molecule has 1 saturated carbocycles. The minimum atomic E-state index is -0.229. The van der Waals surface area contributed by atoms with Gasteiger partial charge in [-0.1, -0.05) is 12.1 Å². The van der Waals surface area contributed by atoms with Gasteiger partial charge in [0.25, 0.3) is 5.91 Å². The summed E-state index contributed by atoms with van der Waals surface area (Å²) in [6, 6.07) is 9.36. The minimum absolute atomic E-state index is 0.0285. The monoisotopic (exact) mass is 387 g/mol. The number of hydrogen-bond donors (Lipinski definition) is 1. The molecule has 1 fully saturated rings. The predicted molar refractivity (Wildman–Crippen MR) is 105 cm³/mol. The van der Waals surface area contributed by atoms with Crippen LogP contribution in [0.25, 0.3) is 0 Å². The standard InChI is InChI=1S/C21H25NO4S/c1-15(23)26-17-7-10-21(11-8-17,16-9-12-27-13-16)14-22-20(24)18-5-3-4-6-19(18)25-2/h3-6,9,12-13,17H,7-8,10-11,14H2,1-2H3,(H,22,24)/t17-,21-. The Bertz CT molecular complexity index is 779. The summed E-state index contributed by atoms with van der Waals surface area (Å²) >= 11 is 1.66. The van der Waals surface area contributed by atoms with Crippen LogP contribution in [0.1, 0.15) is 48.5 Å². The Morgan fingerprint density at radius 3 is 2.59 bits per heavy atom. The van der Waals surface area contributed by atoms with E-state index in [4.69, 9.17) is 9.47 Å². The first-order valence-electron chi connectivity index (χ1n) is 9.15. The maximum absolute atomic E-state index is 12.7. The second-order valence-electron chi connectivity index (χ2n) is 6.98. The lowest BCUT2D eigenvalue weighted by Gasteiger charge is -2.40. The lowest BCUT2D eigenvalue weighted by atomic mass is 9.69. The maximum atomic E-state index is 12.7. The molecular weight excluding hydrogens is 362 g/mol. The lowest BCUT2D eigenvalue weighted by Crippen LogP contribution is -2.44. The van der Waals surface area contributed by atoms with Crippen molar-refractivity contribution in [2.75, 3.05) is 13.7 Å². The lowest BCUT2D eigenvalue weighted by molar-refractivity contribution is -0.148. The second-order valence-corrected chi connectivity index (χ2v) is 7.76. The molecule has 1 aromatic carbocycles. The molecule has 6 heteroatoms. The van der Waals surface area contributed by atoms with Gasteiger partial charge in [0.05, 0.1) is 12.7 Å². The van der Waals surface area contributed by atoms with E-state index in [9.17, 15) is 9.59 Å². The number of esters is 1. The van der Waals surface area contributed by atoms with Crippen LogP contribution in [0.2, 0.25) is 0 Å². The number of methoxy groups -OCH3 is 1. The van der Waals surface area contributed by atoms with Crippen molar-refractivity contribution in [1.82, 2.24) is 5.32 Å². The zero-order valence-electron chi connectivity index (χ0n) is 15.7. The average molecular weight is 388 g/mol. The van der Waals surface area contributed by atoms with E-state index < -0.39 is 0 Å². The van der Waals surface area contributed by atoms with Crippen molar-refractivity contribution in [1.29, 1.82) is 0 Å². The molecule has 1 aliphatic rings. The van der Waals surface area contributed by atoms with Gasteiger partial charge in [0.1, 0.15) is 11.9 Å². The number of amides is 1. The van der Waals surface area contributed by atoms with Gasteiger partial charge in [-0.25, -0.2) is 0 Å². The number of carbonyl (C=O) groups is 2. The minimum Gasteiger partial charge on any atom is -0.496 e. The van der Waals surface area contributed by atoms with Crippen molar-refractivity contribution in [2.45, 2.75) is 44.1 Å². The maximum Gasteiger partial charge on any atom is 0.302 e. The summed E-state index contributed by atoms with van der Waals surface area (Å²) in [4.78, 5) is 24.0. The van der Waals surface area contributed by atoms with Crippen LogP contribution in [-0.2, 0) is 14.9 Å². The number of hydrogen-bond acceptors (Lipinski definition) is 5. The molecule has 5 nitrogen and oxygen atoms in total. The van der Waals surface area contributed by atoms with Crippen molar-refractivity contribution < 1.29 is 19.1 Å². The average Bonchev–Trinajstić information content (AvgIpc) is 3.22. The van der Waals surface area contributed by atoms with E-state index in [-0.39, 0.29) is 23.4 Å². The van der Waals surface area contributed by atoms with Crippen LogP contribution in [0.15, 0.2) is 41.1 Å². The topological polar surface area (TPSA) is 64.6 Å². The number of rotatable bonds is 6.